The van der Waals surface area contributed by atoms with Crippen molar-refractivity contribution in [2.24, 2.45) is 5.92 Å². The van der Waals surface area contributed by atoms with Gasteiger partial charge in [-0.05, 0) is 12.0 Å². The zero-order valence-corrected chi connectivity index (χ0v) is 12.9. The number of hydrogen-bond donors (Lipinski definition) is 1. The van der Waals surface area contributed by atoms with E-state index in [0.717, 1.165) is 17.9 Å². The van der Waals surface area contributed by atoms with Crippen LogP contribution in [0.5, 0.6) is 0 Å². The molecule has 2 rings (SSSR count). The summed E-state index contributed by atoms with van der Waals surface area (Å²) in [6.07, 6.45) is 2.50. The summed E-state index contributed by atoms with van der Waals surface area (Å²) in [5.41, 5.74) is 1.78. The molecule has 0 aromatic carbocycles. The van der Waals surface area contributed by atoms with E-state index in [0.29, 0.717) is 12.5 Å². The molecule has 21 heavy (non-hydrogen) atoms. The third kappa shape index (κ3) is 5.34. The molecular weight excluding hydrogens is 300 g/mol. The molecule has 0 aliphatic heterocycles. The Kier molecular flexibility index (Phi) is 6.61. The Morgan fingerprint density at radius 1 is 1.24 bits per heavy atom. The molecule has 0 saturated heterocycles. The summed E-state index contributed by atoms with van der Waals surface area (Å²) < 4.78 is 27.6. The normalized spacial score (nSPS) is 11.0. The van der Waals surface area contributed by atoms with Gasteiger partial charge in [0.2, 0.25) is 0 Å². The zero-order chi connectivity index (χ0) is 14.5. The van der Waals surface area contributed by atoms with E-state index in [2.05, 4.69) is 29.4 Å². The standard InChI is InChI=1S/C13H19F2N5.ClH/c1-10(2)7-20-12(3-4-17-20)6-16-11-5-18-19(8-11)9-13(14)15;/h3-5,8,10,13,16H,6-7,9H2,1-2H3;1H. The number of alkyl halides is 2. The lowest BCUT2D eigenvalue weighted by atomic mass is 10.2. The van der Waals surface area contributed by atoms with Crippen molar-refractivity contribution in [3.63, 3.8) is 0 Å². The Morgan fingerprint density at radius 2 is 2.00 bits per heavy atom. The van der Waals surface area contributed by atoms with Gasteiger partial charge in [-0.2, -0.15) is 10.2 Å². The first-order valence-electron chi connectivity index (χ1n) is 6.59. The summed E-state index contributed by atoms with van der Waals surface area (Å²) >= 11 is 0. The van der Waals surface area contributed by atoms with E-state index in [1.165, 1.54) is 4.68 Å². The van der Waals surface area contributed by atoms with Crippen LogP contribution in [0.1, 0.15) is 19.5 Å². The van der Waals surface area contributed by atoms with Crippen molar-refractivity contribution in [3.8, 4) is 0 Å². The van der Waals surface area contributed by atoms with E-state index < -0.39 is 6.43 Å². The highest BCUT2D eigenvalue weighted by molar-refractivity contribution is 5.85. The summed E-state index contributed by atoms with van der Waals surface area (Å²) in [5, 5.41) is 11.3. The molecule has 0 aliphatic carbocycles. The van der Waals surface area contributed by atoms with Crippen molar-refractivity contribution in [1.29, 1.82) is 0 Å². The number of nitrogens with one attached hydrogen (secondary N) is 1. The highest BCUT2D eigenvalue weighted by Gasteiger charge is 2.07. The third-order valence-electron chi connectivity index (χ3n) is 2.77. The summed E-state index contributed by atoms with van der Waals surface area (Å²) in [4.78, 5) is 0. The van der Waals surface area contributed by atoms with Crippen LogP contribution >= 0.6 is 12.4 Å². The van der Waals surface area contributed by atoms with Crippen LogP contribution in [0.3, 0.4) is 0 Å². The summed E-state index contributed by atoms with van der Waals surface area (Å²) in [5.74, 6) is 0.516. The molecule has 0 fully saturated rings. The predicted octanol–water partition coefficient (Wildman–Crippen LogP) is 3.03. The first-order chi connectivity index (χ1) is 9.54. The second-order valence-electron chi connectivity index (χ2n) is 5.09. The lowest BCUT2D eigenvalue weighted by Crippen LogP contribution is -2.12. The largest absolute Gasteiger partial charge is 0.377 e. The van der Waals surface area contributed by atoms with Gasteiger partial charge in [0, 0.05) is 18.9 Å². The van der Waals surface area contributed by atoms with E-state index in [9.17, 15) is 8.78 Å². The first-order valence-corrected chi connectivity index (χ1v) is 6.59. The van der Waals surface area contributed by atoms with Crippen LogP contribution < -0.4 is 5.32 Å². The number of aromatic nitrogens is 4. The van der Waals surface area contributed by atoms with Gasteiger partial charge in [-0.3, -0.25) is 9.36 Å². The molecule has 0 saturated carbocycles. The molecule has 8 heteroatoms. The molecule has 0 radical (unpaired) electrons. The molecular formula is C13H20ClF2N5. The minimum Gasteiger partial charge on any atom is -0.377 e. The number of nitrogens with zero attached hydrogens (tertiary/aromatic N) is 4. The van der Waals surface area contributed by atoms with Gasteiger partial charge < -0.3 is 5.32 Å². The monoisotopic (exact) mass is 319 g/mol. The van der Waals surface area contributed by atoms with Crippen molar-refractivity contribution in [1.82, 2.24) is 19.6 Å². The quantitative estimate of drug-likeness (QED) is 0.853. The molecule has 0 aliphatic rings. The third-order valence-corrected chi connectivity index (χ3v) is 2.77. The van der Waals surface area contributed by atoms with Gasteiger partial charge in [-0.1, -0.05) is 13.8 Å². The maximum absolute atomic E-state index is 12.2. The Morgan fingerprint density at radius 3 is 2.67 bits per heavy atom. The van der Waals surface area contributed by atoms with Gasteiger partial charge in [0.1, 0.15) is 6.54 Å². The van der Waals surface area contributed by atoms with Crippen molar-refractivity contribution in [2.45, 2.75) is 39.9 Å². The molecule has 0 amide bonds. The topological polar surface area (TPSA) is 47.7 Å². The molecule has 5 nitrogen and oxygen atoms in total. The van der Waals surface area contributed by atoms with Gasteiger partial charge in [0.15, 0.2) is 0 Å². The van der Waals surface area contributed by atoms with Crippen LogP contribution in [-0.2, 0) is 19.6 Å². The lowest BCUT2D eigenvalue weighted by Gasteiger charge is -2.10. The SMILES string of the molecule is CC(C)Cn1nccc1CNc1cnn(CC(F)F)c1.Cl. The average Bonchev–Trinajstić information content (AvgIpc) is 2.95. The van der Waals surface area contributed by atoms with E-state index in [1.807, 2.05) is 10.7 Å². The van der Waals surface area contributed by atoms with Crippen LogP contribution in [0, 0.1) is 5.92 Å². The van der Waals surface area contributed by atoms with Gasteiger partial charge in [0.05, 0.1) is 24.1 Å². The minimum atomic E-state index is -2.39. The van der Waals surface area contributed by atoms with Crippen molar-refractivity contribution >= 4 is 18.1 Å². The Labute approximate surface area is 128 Å². The number of rotatable bonds is 7. The Hall–Kier alpha value is -1.63. The van der Waals surface area contributed by atoms with Crippen molar-refractivity contribution < 1.29 is 8.78 Å². The van der Waals surface area contributed by atoms with Crippen LogP contribution in [0.4, 0.5) is 14.5 Å². The fourth-order valence-electron chi connectivity index (χ4n) is 1.91. The van der Waals surface area contributed by atoms with E-state index >= 15 is 0 Å². The summed E-state index contributed by atoms with van der Waals surface area (Å²) in [7, 11) is 0. The van der Waals surface area contributed by atoms with Gasteiger partial charge in [-0.15, -0.1) is 12.4 Å². The molecule has 0 unspecified atom stereocenters. The second kappa shape index (κ2) is 7.97. The molecule has 1 N–H and O–H groups in total. The summed E-state index contributed by atoms with van der Waals surface area (Å²) in [6, 6.07) is 1.94. The summed E-state index contributed by atoms with van der Waals surface area (Å²) in [6.45, 7) is 5.33. The Balaban J connectivity index is 0.00000220. The fourth-order valence-corrected chi connectivity index (χ4v) is 1.91. The number of hydrogen-bond acceptors (Lipinski definition) is 3. The lowest BCUT2D eigenvalue weighted by molar-refractivity contribution is 0.122. The number of halogens is 3. The Bertz CT molecular complexity index is 538. The highest BCUT2D eigenvalue weighted by Crippen LogP contribution is 2.10. The maximum atomic E-state index is 12.2. The highest BCUT2D eigenvalue weighted by atomic mass is 35.5. The van der Waals surface area contributed by atoms with Crippen molar-refractivity contribution in [2.75, 3.05) is 5.32 Å². The fraction of sp³-hybridized carbons (Fsp3) is 0.538. The van der Waals surface area contributed by atoms with Gasteiger partial charge in [-0.25, -0.2) is 8.78 Å². The maximum Gasteiger partial charge on any atom is 0.257 e. The average molecular weight is 320 g/mol. The van der Waals surface area contributed by atoms with Crippen LogP contribution in [0.2, 0.25) is 0 Å². The van der Waals surface area contributed by atoms with Crippen molar-refractivity contribution in [3.05, 3.63) is 30.4 Å². The van der Waals surface area contributed by atoms with E-state index in [-0.39, 0.29) is 19.0 Å². The van der Waals surface area contributed by atoms with Gasteiger partial charge in [0.25, 0.3) is 6.43 Å². The van der Waals surface area contributed by atoms with E-state index in [4.69, 9.17) is 0 Å². The van der Waals surface area contributed by atoms with Gasteiger partial charge >= 0.3 is 0 Å². The second-order valence-corrected chi connectivity index (χ2v) is 5.09. The number of anilines is 1. The minimum absolute atomic E-state index is 0. The molecule has 0 spiro atoms. The van der Waals surface area contributed by atoms with E-state index in [1.54, 1.807) is 18.6 Å². The predicted molar refractivity (Wildman–Crippen MR) is 79.9 cm³/mol. The van der Waals surface area contributed by atoms with Crippen LogP contribution in [0.25, 0.3) is 0 Å². The molecule has 2 heterocycles. The smallest absolute Gasteiger partial charge is 0.257 e. The zero-order valence-electron chi connectivity index (χ0n) is 12.0. The molecule has 2 aromatic heterocycles. The first kappa shape index (κ1) is 17.4. The molecule has 2 aromatic rings. The van der Waals surface area contributed by atoms with Crippen LogP contribution in [0.15, 0.2) is 24.7 Å². The van der Waals surface area contributed by atoms with Crippen LogP contribution in [-0.4, -0.2) is 26.0 Å². The molecule has 0 atom stereocenters. The molecule has 118 valence electrons. The molecule has 0 bridgehead atoms.